The molecule has 104 valence electrons. The van der Waals surface area contributed by atoms with Crippen LogP contribution in [-0.2, 0) is 0 Å². The molecule has 4 nitrogen and oxygen atoms in total. The number of carbonyl (C=O) groups is 1. The van der Waals surface area contributed by atoms with Gasteiger partial charge in [-0.3, -0.25) is 0 Å². The normalized spacial score (nSPS) is 15.3. The van der Waals surface area contributed by atoms with E-state index in [-0.39, 0.29) is 12.8 Å². The van der Waals surface area contributed by atoms with Crippen molar-refractivity contribution >= 4 is 6.03 Å². The second-order valence-corrected chi connectivity index (χ2v) is 5.17. The predicted octanol–water partition coefficient (Wildman–Crippen LogP) is 2.88. The molecule has 0 bridgehead atoms. The van der Waals surface area contributed by atoms with Crippen molar-refractivity contribution in [3.63, 3.8) is 0 Å². The Labute approximate surface area is 114 Å². The lowest BCUT2D eigenvalue weighted by molar-refractivity contribution is 0.220. The number of aryl methyl sites for hydroxylation is 2. The highest BCUT2D eigenvalue weighted by Gasteiger charge is 2.16. The number of hydrogen-bond acceptors (Lipinski definition) is 2. The Morgan fingerprint density at radius 3 is 2.68 bits per heavy atom. The number of urea groups is 1. The maximum absolute atomic E-state index is 11.6. The number of hydrogen-bond donors (Lipinski definition) is 2. The van der Waals surface area contributed by atoms with E-state index in [9.17, 15) is 4.79 Å². The first-order valence-electron chi connectivity index (χ1n) is 6.89. The van der Waals surface area contributed by atoms with Crippen LogP contribution in [0.25, 0.3) is 0 Å². The summed E-state index contributed by atoms with van der Waals surface area (Å²) in [5.41, 5.74) is 2.42. The van der Waals surface area contributed by atoms with Crippen LogP contribution >= 0.6 is 0 Å². The van der Waals surface area contributed by atoms with Gasteiger partial charge < -0.3 is 15.4 Å². The summed E-state index contributed by atoms with van der Waals surface area (Å²) >= 11 is 0. The average molecular weight is 262 g/mol. The van der Waals surface area contributed by atoms with Gasteiger partial charge in [0.25, 0.3) is 0 Å². The summed E-state index contributed by atoms with van der Waals surface area (Å²) in [4.78, 5) is 11.6. The Hall–Kier alpha value is -1.71. The highest BCUT2D eigenvalue weighted by atomic mass is 16.5. The molecule has 2 amide bonds. The smallest absolute Gasteiger partial charge is 0.317 e. The van der Waals surface area contributed by atoms with E-state index in [0.717, 1.165) is 18.6 Å². The summed E-state index contributed by atoms with van der Waals surface area (Å²) in [6.07, 6.45) is 4.60. The van der Waals surface area contributed by atoms with Gasteiger partial charge in [-0.05, 0) is 49.9 Å². The van der Waals surface area contributed by atoms with Gasteiger partial charge in [-0.15, -0.1) is 0 Å². The molecule has 0 saturated heterocycles. The molecule has 4 heteroatoms. The molecule has 1 aromatic carbocycles. The van der Waals surface area contributed by atoms with Crippen LogP contribution in [0.4, 0.5) is 4.79 Å². The fourth-order valence-electron chi connectivity index (χ4n) is 2.30. The van der Waals surface area contributed by atoms with Gasteiger partial charge in [-0.2, -0.15) is 0 Å². The molecule has 0 radical (unpaired) electrons. The van der Waals surface area contributed by atoms with E-state index in [0.29, 0.717) is 6.04 Å². The van der Waals surface area contributed by atoms with Crippen LogP contribution in [0.5, 0.6) is 5.75 Å². The fourth-order valence-corrected chi connectivity index (χ4v) is 2.30. The van der Waals surface area contributed by atoms with Crippen LogP contribution < -0.4 is 15.4 Å². The van der Waals surface area contributed by atoms with E-state index in [1.807, 2.05) is 25.1 Å². The number of rotatable bonds is 4. The first kappa shape index (κ1) is 13.7. The first-order valence-corrected chi connectivity index (χ1v) is 6.89. The number of ether oxygens (including phenoxy) is 1. The first-order chi connectivity index (χ1) is 9.15. The van der Waals surface area contributed by atoms with E-state index in [4.69, 9.17) is 4.74 Å². The van der Waals surface area contributed by atoms with Crippen LogP contribution in [0.1, 0.15) is 36.8 Å². The molecule has 1 aliphatic rings. The second kappa shape index (κ2) is 6.45. The molecule has 0 aliphatic heterocycles. The van der Waals surface area contributed by atoms with Crippen LogP contribution in [-0.4, -0.2) is 18.8 Å². The maximum atomic E-state index is 11.6. The molecule has 0 atom stereocenters. The lowest BCUT2D eigenvalue weighted by Gasteiger charge is -2.13. The van der Waals surface area contributed by atoms with E-state index in [1.54, 1.807) is 0 Å². The van der Waals surface area contributed by atoms with Crippen LogP contribution in [0, 0.1) is 13.8 Å². The van der Waals surface area contributed by atoms with Gasteiger partial charge in [0, 0.05) is 6.04 Å². The quantitative estimate of drug-likeness (QED) is 0.820. The minimum Gasteiger partial charge on any atom is -0.473 e. The number of benzene rings is 1. The molecule has 2 N–H and O–H groups in total. The van der Waals surface area contributed by atoms with E-state index in [2.05, 4.69) is 17.6 Å². The summed E-state index contributed by atoms with van der Waals surface area (Å²) < 4.78 is 5.51. The van der Waals surface area contributed by atoms with Crippen molar-refractivity contribution < 1.29 is 9.53 Å². The fraction of sp³-hybridized carbons (Fsp3) is 0.533. The summed E-state index contributed by atoms with van der Waals surface area (Å²) in [7, 11) is 0. The molecule has 0 aromatic heterocycles. The molecule has 1 saturated carbocycles. The van der Waals surface area contributed by atoms with Crippen molar-refractivity contribution in [1.29, 1.82) is 0 Å². The van der Waals surface area contributed by atoms with Crippen molar-refractivity contribution in [2.75, 3.05) is 6.73 Å². The van der Waals surface area contributed by atoms with Gasteiger partial charge >= 0.3 is 6.03 Å². The maximum Gasteiger partial charge on any atom is 0.317 e. The third-order valence-corrected chi connectivity index (χ3v) is 3.64. The highest BCUT2D eigenvalue weighted by Crippen LogP contribution is 2.17. The van der Waals surface area contributed by atoms with Gasteiger partial charge in [0.15, 0.2) is 6.73 Å². The molecule has 1 fully saturated rings. The third kappa shape index (κ3) is 4.16. The van der Waals surface area contributed by atoms with Crippen molar-refractivity contribution in [3.05, 3.63) is 29.3 Å². The standard InChI is InChI=1S/C15H22N2O2/c1-11-7-8-14(9-12(11)2)19-10-16-15(18)17-13-5-3-4-6-13/h7-9,13H,3-6,10H2,1-2H3,(H2,16,17,18). The average Bonchev–Trinajstić information content (AvgIpc) is 2.86. The van der Waals surface area contributed by atoms with Crippen LogP contribution in [0.15, 0.2) is 18.2 Å². The molecule has 0 unspecified atom stereocenters. The summed E-state index contributed by atoms with van der Waals surface area (Å²) in [5.74, 6) is 0.782. The zero-order chi connectivity index (χ0) is 13.7. The Morgan fingerprint density at radius 2 is 2.00 bits per heavy atom. The molecule has 1 aliphatic carbocycles. The lowest BCUT2D eigenvalue weighted by atomic mass is 10.1. The molecule has 0 heterocycles. The number of amides is 2. The van der Waals surface area contributed by atoms with Crippen LogP contribution in [0.3, 0.4) is 0 Å². The van der Waals surface area contributed by atoms with Crippen molar-refractivity contribution in [3.8, 4) is 5.75 Å². The Balaban J connectivity index is 1.70. The second-order valence-electron chi connectivity index (χ2n) is 5.17. The predicted molar refractivity (Wildman–Crippen MR) is 75.3 cm³/mol. The molecular formula is C15H22N2O2. The Kier molecular flexibility index (Phi) is 4.66. The van der Waals surface area contributed by atoms with Gasteiger partial charge in [-0.1, -0.05) is 18.9 Å². The third-order valence-electron chi connectivity index (χ3n) is 3.64. The molecule has 2 rings (SSSR count). The number of nitrogens with one attached hydrogen (secondary N) is 2. The lowest BCUT2D eigenvalue weighted by Crippen LogP contribution is -2.42. The van der Waals surface area contributed by atoms with E-state index >= 15 is 0 Å². The summed E-state index contributed by atoms with van der Waals surface area (Å²) in [5, 5.41) is 5.68. The SMILES string of the molecule is Cc1ccc(OCNC(=O)NC2CCCC2)cc1C. The zero-order valence-electron chi connectivity index (χ0n) is 11.7. The van der Waals surface area contributed by atoms with Gasteiger partial charge in [0.1, 0.15) is 5.75 Å². The monoisotopic (exact) mass is 262 g/mol. The Bertz CT molecular complexity index is 440. The van der Waals surface area contributed by atoms with Gasteiger partial charge in [0.05, 0.1) is 0 Å². The number of carbonyl (C=O) groups excluding carboxylic acids is 1. The molecular weight excluding hydrogens is 240 g/mol. The summed E-state index contributed by atoms with van der Waals surface area (Å²) in [6, 6.07) is 6.10. The zero-order valence-corrected chi connectivity index (χ0v) is 11.7. The molecule has 1 aromatic rings. The van der Waals surface area contributed by atoms with Gasteiger partial charge in [0.2, 0.25) is 0 Å². The largest absolute Gasteiger partial charge is 0.473 e. The molecule has 19 heavy (non-hydrogen) atoms. The van der Waals surface area contributed by atoms with E-state index < -0.39 is 0 Å². The topological polar surface area (TPSA) is 50.4 Å². The van der Waals surface area contributed by atoms with Crippen molar-refractivity contribution in [2.45, 2.75) is 45.6 Å². The van der Waals surface area contributed by atoms with E-state index in [1.165, 1.54) is 24.0 Å². The Morgan fingerprint density at radius 1 is 1.26 bits per heavy atom. The van der Waals surface area contributed by atoms with Crippen LogP contribution in [0.2, 0.25) is 0 Å². The summed E-state index contributed by atoms with van der Waals surface area (Å²) in [6.45, 7) is 4.30. The highest BCUT2D eigenvalue weighted by molar-refractivity contribution is 5.74. The van der Waals surface area contributed by atoms with Crippen molar-refractivity contribution in [2.24, 2.45) is 0 Å². The molecule has 0 spiro atoms. The minimum absolute atomic E-state index is 0.143. The van der Waals surface area contributed by atoms with Crippen molar-refractivity contribution in [1.82, 2.24) is 10.6 Å². The van der Waals surface area contributed by atoms with Gasteiger partial charge in [-0.25, -0.2) is 4.79 Å². The minimum atomic E-state index is -0.143.